The maximum absolute atomic E-state index is 5.12. The maximum atomic E-state index is 5.12. The molecule has 1 aromatic rings. The van der Waals surface area contributed by atoms with Gasteiger partial charge in [-0.1, -0.05) is 12.1 Å². The van der Waals surface area contributed by atoms with Crippen LogP contribution in [0.15, 0.2) is 24.8 Å². The summed E-state index contributed by atoms with van der Waals surface area (Å²) in [7, 11) is 3.65. The van der Waals surface area contributed by atoms with E-state index >= 15 is 0 Å². The van der Waals surface area contributed by atoms with Crippen molar-refractivity contribution in [3.8, 4) is 0 Å². The van der Waals surface area contributed by atoms with E-state index in [1.807, 2.05) is 20.0 Å². The highest BCUT2D eigenvalue weighted by atomic mass is 16.5. The van der Waals surface area contributed by atoms with E-state index in [9.17, 15) is 0 Å². The van der Waals surface area contributed by atoms with Crippen LogP contribution in [-0.2, 0) is 11.3 Å². The molecule has 0 aromatic carbocycles. The molecule has 0 spiro atoms. The molecule has 0 saturated heterocycles. The minimum absolute atomic E-state index is 0.687. The van der Waals surface area contributed by atoms with Crippen LogP contribution in [0.4, 0.5) is 5.82 Å². The molecule has 100 valence electrons. The summed E-state index contributed by atoms with van der Waals surface area (Å²) in [5.41, 5.74) is 2.29. The van der Waals surface area contributed by atoms with Crippen molar-refractivity contribution in [1.29, 1.82) is 0 Å². The first-order valence-corrected chi connectivity index (χ1v) is 6.18. The fourth-order valence-electron chi connectivity index (χ4n) is 1.79. The Morgan fingerprint density at radius 1 is 1.50 bits per heavy atom. The zero-order chi connectivity index (χ0) is 13.4. The van der Waals surface area contributed by atoms with E-state index in [1.165, 1.54) is 5.56 Å². The lowest BCUT2D eigenvalue weighted by Gasteiger charge is -2.22. The fraction of sp³-hybridized carbons (Fsp3) is 0.500. The second kappa shape index (κ2) is 7.84. The first-order chi connectivity index (χ1) is 8.72. The molecule has 1 rings (SSSR count). The van der Waals surface area contributed by atoms with Gasteiger partial charge in [0.1, 0.15) is 5.82 Å². The van der Waals surface area contributed by atoms with Crippen LogP contribution in [-0.4, -0.2) is 38.8 Å². The summed E-state index contributed by atoms with van der Waals surface area (Å²) in [5, 5.41) is 3.14. The Morgan fingerprint density at radius 3 is 2.83 bits per heavy atom. The van der Waals surface area contributed by atoms with Gasteiger partial charge in [0.05, 0.1) is 6.61 Å². The van der Waals surface area contributed by atoms with Gasteiger partial charge in [0.15, 0.2) is 0 Å². The molecule has 18 heavy (non-hydrogen) atoms. The number of anilines is 1. The van der Waals surface area contributed by atoms with Crippen LogP contribution in [0.3, 0.4) is 0 Å². The normalized spacial score (nSPS) is 10.4. The quantitative estimate of drug-likeness (QED) is 0.712. The van der Waals surface area contributed by atoms with E-state index < -0.39 is 0 Å². The lowest BCUT2D eigenvalue weighted by atomic mass is 10.2. The molecule has 1 N–H and O–H groups in total. The van der Waals surface area contributed by atoms with Gasteiger partial charge in [-0.2, -0.15) is 0 Å². The molecule has 0 radical (unpaired) electrons. The summed E-state index contributed by atoms with van der Waals surface area (Å²) in [6.07, 6.45) is 1.88. The van der Waals surface area contributed by atoms with Gasteiger partial charge in [-0.15, -0.1) is 6.58 Å². The van der Waals surface area contributed by atoms with Gasteiger partial charge in [-0.05, 0) is 25.6 Å². The Morgan fingerprint density at radius 2 is 2.28 bits per heavy atom. The summed E-state index contributed by atoms with van der Waals surface area (Å²) in [4.78, 5) is 6.81. The summed E-state index contributed by atoms with van der Waals surface area (Å²) in [6, 6.07) is 4.18. The van der Waals surface area contributed by atoms with Gasteiger partial charge in [-0.25, -0.2) is 4.98 Å². The van der Waals surface area contributed by atoms with Gasteiger partial charge >= 0.3 is 0 Å². The van der Waals surface area contributed by atoms with Crippen molar-refractivity contribution in [2.45, 2.75) is 13.5 Å². The fourth-order valence-corrected chi connectivity index (χ4v) is 1.79. The lowest BCUT2D eigenvalue weighted by Crippen LogP contribution is -2.28. The standard InChI is InChI=1S/C14H23N3O/c1-5-8-17(9-10-18-4)14-7-6-13(11-15-3)12(2)16-14/h5-7,15H,1,8-11H2,2-4H3. The average molecular weight is 249 g/mol. The first-order valence-electron chi connectivity index (χ1n) is 6.18. The number of nitrogens with zero attached hydrogens (tertiary/aromatic N) is 2. The third-order valence-corrected chi connectivity index (χ3v) is 2.79. The molecule has 0 unspecified atom stereocenters. The van der Waals surface area contributed by atoms with Crippen LogP contribution in [0.5, 0.6) is 0 Å². The molecule has 0 bridgehead atoms. The monoisotopic (exact) mass is 249 g/mol. The average Bonchev–Trinajstić information content (AvgIpc) is 2.37. The minimum atomic E-state index is 0.687. The zero-order valence-electron chi connectivity index (χ0n) is 11.6. The Balaban J connectivity index is 2.84. The molecule has 4 nitrogen and oxygen atoms in total. The molecule has 0 amide bonds. The van der Waals surface area contributed by atoms with Crippen LogP contribution in [0.1, 0.15) is 11.3 Å². The van der Waals surface area contributed by atoms with Crippen LogP contribution in [0.25, 0.3) is 0 Å². The Kier molecular flexibility index (Phi) is 6.39. The second-order valence-electron chi connectivity index (χ2n) is 4.17. The summed E-state index contributed by atoms with van der Waals surface area (Å²) in [6.45, 7) is 8.96. The maximum Gasteiger partial charge on any atom is 0.129 e. The number of methoxy groups -OCH3 is 1. The molecule has 0 aliphatic carbocycles. The third kappa shape index (κ3) is 4.13. The van der Waals surface area contributed by atoms with Gasteiger partial charge in [-0.3, -0.25) is 0 Å². The number of hydrogen-bond acceptors (Lipinski definition) is 4. The lowest BCUT2D eigenvalue weighted by molar-refractivity contribution is 0.205. The van der Waals surface area contributed by atoms with Crippen molar-refractivity contribution < 1.29 is 4.74 Å². The molecule has 0 aliphatic heterocycles. The molecule has 4 heteroatoms. The Labute approximate surface area is 110 Å². The summed E-state index contributed by atoms with van der Waals surface area (Å²) in [5.74, 6) is 0.976. The minimum Gasteiger partial charge on any atom is -0.383 e. The van der Waals surface area contributed by atoms with E-state index in [2.05, 4.69) is 33.9 Å². The number of aromatic nitrogens is 1. The van der Waals surface area contributed by atoms with Crippen molar-refractivity contribution in [2.75, 3.05) is 38.8 Å². The van der Waals surface area contributed by atoms with E-state index in [4.69, 9.17) is 4.74 Å². The van der Waals surface area contributed by atoms with Crippen LogP contribution >= 0.6 is 0 Å². The molecule has 0 aliphatic rings. The predicted octanol–water partition coefficient (Wildman–Crippen LogP) is 1.75. The Bertz CT molecular complexity index is 379. The van der Waals surface area contributed by atoms with Gasteiger partial charge in [0.2, 0.25) is 0 Å². The van der Waals surface area contributed by atoms with Gasteiger partial charge in [0, 0.05) is 32.4 Å². The van der Waals surface area contributed by atoms with Crippen LogP contribution < -0.4 is 10.2 Å². The van der Waals surface area contributed by atoms with Gasteiger partial charge in [0.25, 0.3) is 0 Å². The van der Waals surface area contributed by atoms with Crippen molar-refractivity contribution >= 4 is 5.82 Å². The molecule has 0 atom stereocenters. The molecule has 0 fully saturated rings. The molecule has 0 saturated carbocycles. The number of hydrogen-bond donors (Lipinski definition) is 1. The van der Waals surface area contributed by atoms with Gasteiger partial charge < -0.3 is 15.0 Å². The van der Waals surface area contributed by atoms with Crippen LogP contribution in [0.2, 0.25) is 0 Å². The number of pyridine rings is 1. The van der Waals surface area contributed by atoms with E-state index in [0.29, 0.717) is 6.61 Å². The zero-order valence-corrected chi connectivity index (χ0v) is 11.6. The summed E-state index contributed by atoms with van der Waals surface area (Å²) < 4.78 is 5.12. The SMILES string of the molecule is C=CCN(CCOC)c1ccc(CNC)c(C)n1. The Hall–Kier alpha value is -1.39. The second-order valence-corrected chi connectivity index (χ2v) is 4.17. The number of rotatable bonds is 8. The van der Waals surface area contributed by atoms with E-state index in [0.717, 1.165) is 31.1 Å². The van der Waals surface area contributed by atoms with Crippen molar-refractivity contribution in [3.63, 3.8) is 0 Å². The molecular weight excluding hydrogens is 226 g/mol. The predicted molar refractivity (Wildman–Crippen MR) is 76.0 cm³/mol. The highest BCUT2D eigenvalue weighted by Crippen LogP contribution is 2.14. The molecule has 1 aromatic heterocycles. The summed E-state index contributed by atoms with van der Waals surface area (Å²) >= 11 is 0. The highest BCUT2D eigenvalue weighted by molar-refractivity contribution is 5.42. The highest BCUT2D eigenvalue weighted by Gasteiger charge is 2.08. The van der Waals surface area contributed by atoms with E-state index in [-0.39, 0.29) is 0 Å². The smallest absolute Gasteiger partial charge is 0.129 e. The third-order valence-electron chi connectivity index (χ3n) is 2.79. The number of ether oxygens (including phenoxy) is 1. The first kappa shape index (κ1) is 14.7. The van der Waals surface area contributed by atoms with E-state index in [1.54, 1.807) is 7.11 Å². The van der Waals surface area contributed by atoms with Crippen molar-refractivity contribution in [3.05, 3.63) is 36.0 Å². The topological polar surface area (TPSA) is 37.4 Å². The number of nitrogens with one attached hydrogen (secondary N) is 1. The largest absolute Gasteiger partial charge is 0.383 e. The number of aryl methyl sites for hydroxylation is 1. The molecule has 1 heterocycles. The van der Waals surface area contributed by atoms with Crippen molar-refractivity contribution in [1.82, 2.24) is 10.3 Å². The molecular formula is C14H23N3O. The van der Waals surface area contributed by atoms with Crippen molar-refractivity contribution in [2.24, 2.45) is 0 Å². The van der Waals surface area contributed by atoms with Crippen LogP contribution in [0, 0.1) is 6.92 Å².